The minimum Gasteiger partial charge on any atom is -0.493 e. The van der Waals surface area contributed by atoms with Gasteiger partial charge in [-0.3, -0.25) is 9.36 Å². The number of imidazole rings is 1. The van der Waals surface area contributed by atoms with Crippen molar-refractivity contribution in [1.82, 2.24) is 19.9 Å². The number of primary amides is 1. The van der Waals surface area contributed by atoms with E-state index < -0.39 is 5.91 Å². The third-order valence-corrected chi connectivity index (χ3v) is 4.73. The summed E-state index contributed by atoms with van der Waals surface area (Å²) in [6, 6.07) is 11.5. The second-order valence-electron chi connectivity index (χ2n) is 7.00. The van der Waals surface area contributed by atoms with E-state index >= 15 is 0 Å². The molecule has 0 aliphatic heterocycles. The Labute approximate surface area is 170 Å². The van der Waals surface area contributed by atoms with Crippen LogP contribution in [-0.2, 0) is 6.54 Å². The maximum atomic E-state index is 11.4. The molecule has 7 heteroatoms. The van der Waals surface area contributed by atoms with E-state index in [1.165, 1.54) is 0 Å². The molecule has 7 nitrogen and oxygen atoms in total. The molecule has 2 heterocycles. The maximum absolute atomic E-state index is 11.4. The molecular weight excluding hydrogens is 366 g/mol. The number of hydrogen-bond donors (Lipinski definition) is 2. The first kappa shape index (κ1) is 20.5. The first-order valence-electron chi connectivity index (χ1n) is 9.75. The summed E-state index contributed by atoms with van der Waals surface area (Å²) in [7, 11) is 0. The van der Waals surface area contributed by atoms with Gasteiger partial charge in [-0.2, -0.15) is 0 Å². The number of carbonyl (C=O) groups excluding carboxylic acids is 1. The lowest BCUT2D eigenvalue weighted by Gasteiger charge is -2.15. The number of benzene rings is 1. The molecule has 0 aliphatic rings. The SMILES string of the molecule is Cc1nccn1-c1ccc(CNC(C)CCCOc2ccccc2C(N)=O)cn1. The van der Waals surface area contributed by atoms with Gasteiger partial charge in [-0.15, -0.1) is 0 Å². The fourth-order valence-corrected chi connectivity index (χ4v) is 3.05. The number of nitrogens with zero attached hydrogens (tertiary/aromatic N) is 3. The number of nitrogens with one attached hydrogen (secondary N) is 1. The Hall–Kier alpha value is -3.19. The fourth-order valence-electron chi connectivity index (χ4n) is 3.05. The van der Waals surface area contributed by atoms with Gasteiger partial charge in [0.15, 0.2) is 0 Å². The number of pyridine rings is 1. The van der Waals surface area contributed by atoms with Gasteiger partial charge in [0.2, 0.25) is 0 Å². The maximum Gasteiger partial charge on any atom is 0.252 e. The van der Waals surface area contributed by atoms with E-state index in [0.717, 1.165) is 36.6 Å². The van der Waals surface area contributed by atoms with Crippen molar-refractivity contribution < 1.29 is 9.53 Å². The van der Waals surface area contributed by atoms with Crippen LogP contribution in [-0.4, -0.2) is 33.1 Å². The Morgan fingerprint density at radius 2 is 2.07 bits per heavy atom. The van der Waals surface area contributed by atoms with Crippen LogP contribution in [0.5, 0.6) is 5.75 Å². The van der Waals surface area contributed by atoms with Crippen LogP contribution in [0, 0.1) is 6.92 Å². The number of aryl methyl sites for hydroxylation is 1. The molecule has 0 spiro atoms. The highest BCUT2D eigenvalue weighted by atomic mass is 16.5. The molecule has 0 fully saturated rings. The van der Waals surface area contributed by atoms with Crippen molar-refractivity contribution in [2.45, 2.75) is 39.3 Å². The fraction of sp³-hybridized carbons (Fsp3) is 0.318. The van der Waals surface area contributed by atoms with Crippen molar-refractivity contribution in [2.24, 2.45) is 5.73 Å². The zero-order valence-corrected chi connectivity index (χ0v) is 16.8. The van der Waals surface area contributed by atoms with Crippen LogP contribution in [0.3, 0.4) is 0 Å². The molecule has 1 aromatic carbocycles. The highest BCUT2D eigenvalue weighted by Crippen LogP contribution is 2.17. The van der Waals surface area contributed by atoms with E-state index in [9.17, 15) is 4.79 Å². The van der Waals surface area contributed by atoms with Crippen LogP contribution in [0.15, 0.2) is 55.0 Å². The van der Waals surface area contributed by atoms with Crippen molar-refractivity contribution in [1.29, 1.82) is 0 Å². The van der Waals surface area contributed by atoms with Gasteiger partial charge in [-0.1, -0.05) is 18.2 Å². The Kier molecular flexibility index (Phi) is 6.97. The number of amides is 1. The largest absolute Gasteiger partial charge is 0.493 e. The molecule has 1 unspecified atom stereocenters. The van der Waals surface area contributed by atoms with E-state index in [4.69, 9.17) is 10.5 Å². The molecule has 152 valence electrons. The van der Waals surface area contributed by atoms with Crippen molar-refractivity contribution in [2.75, 3.05) is 6.61 Å². The highest BCUT2D eigenvalue weighted by Gasteiger charge is 2.09. The summed E-state index contributed by atoms with van der Waals surface area (Å²) in [5, 5.41) is 3.50. The predicted octanol–water partition coefficient (Wildman–Crippen LogP) is 3.01. The molecule has 2 aromatic heterocycles. The van der Waals surface area contributed by atoms with Gasteiger partial charge >= 0.3 is 0 Å². The molecule has 0 saturated heterocycles. The number of rotatable bonds is 10. The molecule has 0 radical (unpaired) electrons. The summed E-state index contributed by atoms with van der Waals surface area (Å²) in [5.41, 5.74) is 6.91. The van der Waals surface area contributed by atoms with Crippen molar-refractivity contribution >= 4 is 5.91 Å². The zero-order chi connectivity index (χ0) is 20.6. The molecule has 1 atom stereocenters. The quantitative estimate of drug-likeness (QED) is 0.516. The van der Waals surface area contributed by atoms with Gasteiger partial charge in [0.1, 0.15) is 17.4 Å². The Balaban J connectivity index is 1.40. The van der Waals surface area contributed by atoms with Crippen LogP contribution in [0.1, 0.15) is 41.5 Å². The monoisotopic (exact) mass is 393 g/mol. The summed E-state index contributed by atoms with van der Waals surface area (Å²) in [4.78, 5) is 20.1. The molecular formula is C22H27N5O2. The molecule has 3 N–H and O–H groups in total. The topological polar surface area (TPSA) is 95.1 Å². The van der Waals surface area contributed by atoms with E-state index in [1.54, 1.807) is 24.4 Å². The van der Waals surface area contributed by atoms with Gasteiger partial charge in [0.05, 0.1) is 12.2 Å². The molecule has 3 rings (SSSR count). The van der Waals surface area contributed by atoms with Crippen LogP contribution in [0.4, 0.5) is 0 Å². The zero-order valence-electron chi connectivity index (χ0n) is 16.8. The number of ether oxygens (including phenoxy) is 1. The second kappa shape index (κ2) is 9.84. The lowest BCUT2D eigenvalue weighted by atomic mass is 10.1. The van der Waals surface area contributed by atoms with Gasteiger partial charge in [0.25, 0.3) is 5.91 Å². The van der Waals surface area contributed by atoms with E-state index in [2.05, 4.69) is 28.3 Å². The summed E-state index contributed by atoms with van der Waals surface area (Å²) >= 11 is 0. The molecule has 3 aromatic rings. The lowest BCUT2D eigenvalue weighted by Crippen LogP contribution is -2.26. The summed E-state index contributed by atoms with van der Waals surface area (Å²) in [5.74, 6) is 1.85. The van der Waals surface area contributed by atoms with Gasteiger partial charge in [-0.05, 0) is 50.5 Å². The van der Waals surface area contributed by atoms with Crippen molar-refractivity contribution in [3.8, 4) is 11.6 Å². The van der Waals surface area contributed by atoms with Crippen molar-refractivity contribution in [3.63, 3.8) is 0 Å². The minimum atomic E-state index is -0.474. The number of carbonyl (C=O) groups is 1. The van der Waals surface area contributed by atoms with E-state index in [1.807, 2.05) is 36.0 Å². The first-order valence-corrected chi connectivity index (χ1v) is 9.75. The van der Waals surface area contributed by atoms with Crippen LogP contribution in [0.2, 0.25) is 0 Å². The Morgan fingerprint density at radius 1 is 1.24 bits per heavy atom. The lowest BCUT2D eigenvalue weighted by molar-refractivity contribution is 0.0996. The molecule has 0 aliphatic carbocycles. The summed E-state index contributed by atoms with van der Waals surface area (Å²) in [6.07, 6.45) is 7.39. The Morgan fingerprint density at radius 3 is 2.76 bits per heavy atom. The first-order chi connectivity index (χ1) is 14.0. The normalized spacial score (nSPS) is 11.9. The standard InChI is InChI=1S/C22H27N5O2/c1-16(6-5-13-29-20-8-4-3-7-19(20)22(23)28)25-14-18-9-10-21(26-15-18)27-12-11-24-17(27)2/h3-4,7-12,15-16,25H,5-6,13-14H2,1-2H3,(H2,23,28). The molecule has 0 bridgehead atoms. The predicted molar refractivity (Wildman–Crippen MR) is 112 cm³/mol. The van der Waals surface area contributed by atoms with E-state index in [0.29, 0.717) is 24.0 Å². The third kappa shape index (κ3) is 5.65. The number of nitrogens with two attached hydrogens (primary N) is 1. The third-order valence-electron chi connectivity index (χ3n) is 4.73. The number of para-hydroxylation sites is 1. The molecule has 1 amide bonds. The van der Waals surface area contributed by atoms with E-state index in [-0.39, 0.29) is 0 Å². The average Bonchev–Trinajstić information content (AvgIpc) is 3.16. The Bertz CT molecular complexity index is 936. The van der Waals surface area contributed by atoms with Crippen LogP contribution in [0.25, 0.3) is 5.82 Å². The van der Waals surface area contributed by atoms with Crippen LogP contribution >= 0.6 is 0 Å². The second-order valence-corrected chi connectivity index (χ2v) is 7.00. The minimum absolute atomic E-state index is 0.334. The van der Waals surface area contributed by atoms with Gasteiger partial charge in [-0.25, -0.2) is 9.97 Å². The van der Waals surface area contributed by atoms with Gasteiger partial charge < -0.3 is 15.8 Å². The van der Waals surface area contributed by atoms with Gasteiger partial charge in [0, 0.05) is 31.2 Å². The number of hydrogen-bond acceptors (Lipinski definition) is 5. The molecule has 0 saturated carbocycles. The smallest absolute Gasteiger partial charge is 0.252 e. The highest BCUT2D eigenvalue weighted by molar-refractivity contribution is 5.95. The summed E-state index contributed by atoms with van der Waals surface area (Å²) in [6.45, 7) is 5.39. The average molecular weight is 393 g/mol. The number of aromatic nitrogens is 3. The summed E-state index contributed by atoms with van der Waals surface area (Å²) < 4.78 is 7.68. The van der Waals surface area contributed by atoms with Crippen molar-refractivity contribution in [3.05, 3.63) is 71.9 Å². The van der Waals surface area contributed by atoms with Crippen LogP contribution < -0.4 is 15.8 Å². The molecule has 29 heavy (non-hydrogen) atoms.